The van der Waals surface area contributed by atoms with Crippen LogP contribution >= 0.6 is 0 Å². The Morgan fingerprint density at radius 3 is 2.33 bits per heavy atom. The van der Waals surface area contributed by atoms with Gasteiger partial charge >= 0.3 is 0 Å². The Kier molecular flexibility index (Phi) is 11.9. The summed E-state index contributed by atoms with van der Waals surface area (Å²) in [6, 6.07) is 0. The van der Waals surface area contributed by atoms with Crippen LogP contribution in [-0.2, 0) is 4.74 Å². The average molecular weight is 216 g/mol. The highest BCUT2D eigenvalue weighted by atomic mass is 16.5. The van der Waals surface area contributed by atoms with Crippen molar-refractivity contribution < 1.29 is 4.74 Å². The zero-order chi connectivity index (χ0) is 11.4. The maximum Gasteiger partial charge on any atom is 0.0466 e. The fraction of sp³-hybridized carbons (Fsp3) is 1.00. The van der Waals surface area contributed by atoms with Gasteiger partial charge in [-0.15, -0.1) is 0 Å². The molecule has 1 N–H and O–H groups in total. The zero-order valence-corrected chi connectivity index (χ0v) is 10.7. The predicted octanol–water partition coefficient (Wildman–Crippen LogP) is 1.73. The van der Waals surface area contributed by atoms with E-state index in [4.69, 9.17) is 4.74 Å². The molecule has 0 aliphatic carbocycles. The fourth-order valence-corrected chi connectivity index (χ4v) is 1.50. The molecule has 0 spiro atoms. The molecule has 0 heterocycles. The monoisotopic (exact) mass is 216 g/mol. The van der Waals surface area contributed by atoms with Crippen molar-refractivity contribution in [2.24, 2.45) is 0 Å². The van der Waals surface area contributed by atoms with E-state index in [0.29, 0.717) is 0 Å². The molecular weight excluding hydrogens is 188 g/mol. The van der Waals surface area contributed by atoms with Crippen LogP contribution in [0.5, 0.6) is 0 Å². The Balaban J connectivity index is 3.04. The summed E-state index contributed by atoms with van der Waals surface area (Å²) in [6.45, 7) is 13.9. The standard InChI is InChI=1S/C12H28N2O/c1-4-14(5-2)11-10-13-9-7-8-12-15-6-3/h13H,4-12H2,1-3H3. The summed E-state index contributed by atoms with van der Waals surface area (Å²) in [6.07, 6.45) is 2.39. The minimum absolute atomic E-state index is 0.843. The second kappa shape index (κ2) is 12.0. The molecular formula is C12H28N2O. The van der Waals surface area contributed by atoms with Crippen LogP contribution in [0.1, 0.15) is 33.6 Å². The van der Waals surface area contributed by atoms with Gasteiger partial charge in [-0.1, -0.05) is 13.8 Å². The van der Waals surface area contributed by atoms with Crippen LogP contribution in [0.2, 0.25) is 0 Å². The highest BCUT2D eigenvalue weighted by molar-refractivity contribution is 4.55. The van der Waals surface area contributed by atoms with Crippen LogP contribution in [0.15, 0.2) is 0 Å². The Hall–Kier alpha value is -0.120. The number of hydrogen-bond acceptors (Lipinski definition) is 3. The molecule has 0 atom stereocenters. The normalized spacial score (nSPS) is 11.2. The number of ether oxygens (including phenoxy) is 1. The van der Waals surface area contributed by atoms with Gasteiger partial charge < -0.3 is 15.0 Å². The van der Waals surface area contributed by atoms with Gasteiger partial charge in [-0.25, -0.2) is 0 Å². The smallest absolute Gasteiger partial charge is 0.0466 e. The van der Waals surface area contributed by atoms with Gasteiger partial charge in [0.1, 0.15) is 0 Å². The van der Waals surface area contributed by atoms with Crippen molar-refractivity contribution >= 4 is 0 Å². The Morgan fingerprint density at radius 1 is 1.00 bits per heavy atom. The number of nitrogens with one attached hydrogen (secondary N) is 1. The molecule has 0 aromatic heterocycles. The molecule has 0 fully saturated rings. The fourth-order valence-electron chi connectivity index (χ4n) is 1.50. The van der Waals surface area contributed by atoms with E-state index in [9.17, 15) is 0 Å². The molecule has 0 rings (SSSR count). The highest BCUT2D eigenvalue weighted by Gasteiger charge is 1.96. The minimum atomic E-state index is 0.843. The highest BCUT2D eigenvalue weighted by Crippen LogP contribution is 1.89. The van der Waals surface area contributed by atoms with E-state index >= 15 is 0 Å². The van der Waals surface area contributed by atoms with Crippen LogP contribution < -0.4 is 5.32 Å². The first-order chi connectivity index (χ1) is 7.35. The lowest BCUT2D eigenvalue weighted by molar-refractivity contribution is 0.143. The molecule has 3 nitrogen and oxygen atoms in total. The number of likely N-dealkylation sites (N-methyl/N-ethyl adjacent to an activating group) is 1. The van der Waals surface area contributed by atoms with Crippen LogP contribution in [-0.4, -0.2) is 50.8 Å². The molecule has 0 aromatic rings. The van der Waals surface area contributed by atoms with Gasteiger partial charge in [0.2, 0.25) is 0 Å². The lowest BCUT2D eigenvalue weighted by atomic mass is 10.3. The molecule has 0 saturated heterocycles. The van der Waals surface area contributed by atoms with Gasteiger partial charge in [0.25, 0.3) is 0 Å². The van der Waals surface area contributed by atoms with E-state index in [1.54, 1.807) is 0 Å². The second-order valence-electron chi connectivity index (χ2n) is 3.68. The summed E-state index contributed by atoms with van der Waals surface area (Å²) in [4.78, 5) is 2.44. The third-order valence-electron chi connectivity index (χ3n) is 2.60. The largest absolute Gasteiger partial charge is 0.382 e. The first-order valence-electron chi connectivity index (χ1n) is 6.35. The third kappa shape index (κ3) is 10.2. The van der Waals surface area contributed by atoms with E-state index in [2.05, 4.69) is 24.1 Å². The van der Waals surface area contributed by atoms with E-state index in [1.807, 2.05) is 6.92 Å². The molecule has 0 radical (unpaired) electrons. The molecule has 0 unspecified atom stereocenters. The summed E-state index contributed by atoms with van der Waals surface area (Å²) in [5.41, 5.74) is 0. The van der Waals surface area contributed by atoms with Crippen molar-refractivity contribution in [3.63, 3.8) is 0 Å². The third-order valence-corrected chi connectivity index (χ3v) is 2.60. The Bertz CT molecular complexity index is 116. The average Bonchev–Trinajstić information content (AvgIpc) is 2.27. The van der Waals surface area contributed by atoms with Gasteiger partial charge in [0, 0.05) is 26.3 Å². The number of hydrogen-bond donors (Lipinski definition) is 1. The first-order valence-corrected chi connectivity index (χ1v) is 6.35. The predicted molar refractivity (Wildman–Crippen MR) is 66.4 cm³/mol. The molecule has 0 aliphatic rings. The lowest BCUT2D eigenvalue weighted by Crippen LogP contribution is -2.32. The number of rotatable bonds is 11. The first kappa shape index (κ1) is 14.9. The molecule has 0 bridgehead atoms. The Morgan fingerprint density at radius 2 is 1.73 bits per heavy atom. The Labute approximate surface area is 95.2 Å². The molecule has 15 heavy (non-hydrogen) atoms. The van der Waals surface area contributed by atoms with Crippen molar-refractivity contribution in [1.29, 1.82) is 0 Å². The lowest BCUT2D eigenvalue weighted by Gasteiger charge is -2.17. The van der Waals surface area contributed by atoms with Crippen LogP contribution in [0, 0.1) is 0 Å². The van der Waals surface area contributed by atoms with Gasteiger partial charge in [-0.05, 0) is 39.4 Å². The number of unbranched alkanes of at least 4 members (excludes halogenated alkanes) is 1. The van der Waals surface area contributed by atoms with Crippen molar-refractivity contribution in [1.82, 2.24) is 10.2 Å². The van der Waals surface area contributed by atoms with Crippen molar-refractivity contribution in [2.75, 3.05) is 45.9 Å². The topological polar surface area (TPSA) is 24.5 Å². The van der Waals surface area contributed by atoms with Gasteiger partial charge in [-0.3, -0.25) is 0 Å². The van der Waals surface area contributed by atoms with E-state index in [1.165, 1.54) is 19.4 Å². The summed E-state index contributed by atoms with van der Waals surface area (Å²) >= 11 is 0. The summed E-state index contributed by atoms with van der Waals surface area (Å²) < 4.78 is 5.28. The maximum atomic E-state index is 5.28. The summed E-state index contributed by atoms with van der Waals surface area (Å²) in [5, 5.41) is 3.46. The van der Waals surface area contributed by atoms with Gasteiger partial charge in [0.05, 0.1) is 0 Å². The molecule has 0 amide bonds. The van der Waals surface area contributed by atoms with Gasteiger partial charge in [-0.2, -0.15) is 0 Å². The quantitative estimate of drug-likeness (QED) is 0.532. The van der Waals surface area contributed by atoms with Crippen molar-refractivity contribution in [2.45, 2.75) is 33.6 Å². The number of nitrogens with zero attached hydrogens (tertiary/aromatic N) is 1. The van der Waals surface area contributed by atoms with E-state index in [-0.39, 0.29) is 0 Å². The van der Waals surface area contributed by atoms with Crippen LogP contribution in [0.25, 0.3) is 0 Å². The van der Waals surface area contributed by atoms with E-state index in [0.717, 1.165) is 39.4 Å². The molecule has 0 aliphatic heterocycles. The van der Waals surface area contributed by atoms with Gasteiger partial charge in [0.15, 0.2) is 0 Å². The molecule has 0 saturated carbocycles. The van der Waals surface area contributed by atoms with E-state index < -0.39 is 0 Å². The molecule has 92 valence electrons. The van der Waals surface area contributed by atoms with Crippen LogP contribution in [0.3, 0.4) is 0 Å². The minimum Gasteiger partial charge on any atom is -0.382 e. The summed E-state index contributed by atoms with van der Waals surface area (Å²) in [5.74, 6) is 0. The maximum absolute atomic E-state index is 5.28. The molecule has 3 heteroatoms. The second-order valence-corrected chi connectivity index (χ2v) is 3.68. The zero-order valence-electron chi connectivity index (χ0n) is 10.7. The SMILES string of the molecule is CCOCCCCNCCN(CC)CC. The van der Waals surface area contributed by atoms with Crippen molar-refractivity contribution in [3.8, 4) is 0 Å². The van der Waals surface area contributed by atoms with Crippen LogP contribution in [0.4, 0.5) is 0 Å². The van der Waals surface area contributed by atoms with Crippen molar-refractivity contribution in [3.05, 3.63) is 0 Å². The molecule has 0 aromatic carbocycles. The summed E-state index contributed by atoms with van der Waals surface area (Å²) in [7, 11) is 0.